The van der Waals surface area contributed by atoms with Crippen LogP contribution in [0.3, 0.4) is 0 Å². The van der Waals surface area contributed by atoms with Crippen molar-refractivity contribution in [2.45, 2.75) is 51.2 Å². The van der Waals surface area contributed by atoms with E-state index >= 15 is 0 Å². The number of piperidine rings is 1. The van der Waals surface area contributed by atoms with Crippen molar-refractivity contribution in [1.29, 1.82) is 0 Å². The Hall–Kier alpha value is -0.780. The van der Waals surface area contributed by atoms with Crippen LogP contribution in [0.1, 0.15) is 39.0 Å². The fourth-order valence-electron chi connectivity index (χ4n) is 3.17. The summed E-state index contributed by atoms with van der Waals surface area (Å²) in [6.45, 7) is 3.82. The van der Waals surface area contributed by atoms with E-state index in [0.717, 1.165) is 19.5 Å². The van der Waals surface area contributed by atoms with Crippen LogP contribution in [0.2, 0.25) is 0 Å². The van der Waals surface area contributed by atoms with Crippen LogP contribution < -0.4 is 10.6 Å². The Kier molecular flexibility index (Phi) is 4.94. The molecule has 116 valence electrons. The molecule has 0 radical (unpaired) electrons. The third-order valence-corrected chi connectivity index (χ3v) is 4.72. The predicted molar refractivity (Wildman–Crippen MR) is 70.1 cm³/mol. The zero-order valence-corrected chi connectivity index (χ0v) is 11.8. The molecular formula is C14H23F3N2O. The van der Waals surface area contributed by atoms with E-state index in [1.54, 1.807) is 0 Å². The van der Waals surface area contributed by atoms with Gasteiger partial charge in [0, 0.05) is 18.5 Å². The minimum absolute atomic E-state index is 0.0637. The molecule has 1 amide bonds. The van der Waals surface area contributed by atoms with Gasteiger partial charge in [-0.1, -0.05) is 6.92 Å². The lowest BCUT2D eigenvalue weighted by Crippen LogP contribution is -2.52. The Morgan fingerprint density at radius 1 is 1.15 bits per heavy atom. The summed E-state index contributed by atoms with van der Waals surface area (Å²) >= 11 is 0. The Labute approximate surface area is 117 Å². The molecule has 0 bridgehead atoms. The first-order valence-electron chi connectivity index (χ1n) is 7.45. The van der Waals surface area contributed by atoms with Crippen LogP contribution in [0.25, 0.3) is 0 Å². The molecule has 2 fully saturated rings. The van der Waals surface area contributed by atoms with Gasteiger partial charge in [0.15, 0.2) is 0 Å². The van der Waals surface area contributed by atoms with E-state index in [9.17, 15) is 18.0 Å². The van der Waals surface area contributed by atoms with E-state index in [4.69, 9.17) is 0 Å². The van der Waals surface area contributed by atoms with E-state index in [1.165, 1.54) is 0 Å². The molecule has 2 rings (SSSR count). The largest absolute Gasteiger partial charge is 0.391 e. The maximum Gasteiger partial charge on any atom is 0.391 e. The molecule has 2 N–H and O–H groups in total. The summed E-state index contributed by atoms with van der Waals surface area (Å²) in [7, 11) is 0. The van der Waals surface area contributed by atoms with Crippen molar-refractivity contribution in [3.05, 3.63) is 0 Å². The topological polar surface area (TPSA) is 41.1 Å². The zero-order valence-electron chi connectivity index (χ0n) is 11.8. The predicted octanol–water partition coefficient (Wildman–Crippen LogP) is 2.47. The molecule has 2 atom stereocenters. The lowest BCUT2D eigenvalue weighted by molar-refractivity contribution is -0.184. The van der Waals surface area contributed by atoms with Gasteiger partial charge in [-0.25, -0.2) is 0 Å². The molecule has 0 aromatic carbocycles. The smallest absolute Gasteiger partial charge is 0.352 e. The molecule has 0 spiro atoms. The first-order valence-corrected chi connectivity index (χ1v) is 7.45. The number of amides is 1. The van der Waals surface area contributed by atoms with Gasteiger partial charge in [-0.05, 0) is 44.6 Å². The highest BCUT2D eigenvalue weighted by Gasteiger charge is 2.42. The van der Waals surface area contributed by atoms with Gasteiger partial charge in [0.1, 0.15) is 0 Å². The van der Waals surface area contributed by atoms with Gasteiger partial charge >= 0.3 is 6.18 Å². The van der Waals surface area contributed by atoms with Crippen molar-refractivity contribution < 1.29 is 18.0 Å². The lowest BCUT2D eigenvalue weighted by atomic mass is 9.81. The molecule has 2 unspecified atom stereocenters. The van der Waals surface area contributed by atoms with Gasteiger partial charge in [0.2, 0.25) is 5.91 Å². The van der Waals surface area contributed by atoms with Crippen molar-refractivity contribution in [1.82, 2.24) is 10.6 Å². The minimum Gasteiger partial charge on any atom is -0.352 e. The van der Waals surface area contributed by atoms with Crippen LogP contribution >= 0.6 is 0 Å². The number of halogens is 3. The summed E-state index contributed by atoms with van der Waals surface area (Å²) in [6, 6.07) is 0.108. The first kappa shape index (κ1) is 15.6. The van der Waals surface area contributed by atoms with E-state index in [2.05, 4.69) is 17.6 Å². The van der Waals surface area contributed by atoms with E-state index in [0.29, 0.717) is 18.8 Å². The van der Waals surface area contributed by atoms with Crippen molar-refractivity contribution >= 4 is 5.91 Å². The van der Waals surface area contributed by atoms with Gasteiger partial charge < -0.3 is 10.6 Å². The van der Waals surface area contributed by atoms with Gasteiger partial charge in [0.05, 0.1) is 5.92 Å². The summed E-state index contributed by atoms with van der Waals surface area (Å²) in [5.74, 6) is -1.11. The van der Waals surface area contributed by atoms with Gasteiger partial charge in [-0.15, -0.1) is 0 Å². The molecule has 1 saturated carbocycles. The molecule has 0 aromatic heterocycles. The number of hydrogen-bond acceptors (Lipinski definition) is 2. The average molecular weight is 292 g/mol. The molecule has 2 aliphatic rings. The van der Waals surface area contributed by atoms with Crippen LogP contribution in [0.4, 0.5) is 13.2 Å². The second kappa shape index (κ2) is 6.33. The zero-order chi connectivity index (χ0) is 14.8. The Morgan fingerprint density at radius 3 is 2.35 bits per heavy atom. The van der Waals surface area contributed by atoms with Gasteiger partial charge in [0.25, 0.3) is 0 Å². The quantitative estimate of drug-likeness (QED) is 0.821. The second-order valence-corrected chi connectivity index (χ2v) is 6.18. The van der Waals surface area contributed by atoms with Crippen LogP contribution in [-0.2, 0) is 4.79 Å². The molecule has 6 heteroatoms. The Morgan fingerprint density at radius 2 is 1.80 bits per heavy atom. The fraction of sp³-hybridized carbons (Fsp3) is 0.929. The average Bonchev–Trinajstić information content (AvgIpc) is 2.40. The van der Waals surface area contributed by atoms with E-state index < -0.39 is 12.1 Å². The minimum atomic E-state index is -4.11. The number of rotatable bonds is 2. The summed E-state index contributed by atoms with van der Waals surface area (Å²) in [5, 5.41) is 6.25. The standard InChI is InChI=1S/C14H23F3N2O/c1-9-6-7-18-8-12(9)19-13(20)10-2-4-11(5-3-10)14(15,16)17/h9-12,18H,2-8H2,1H3,(H,19,20). The maximum absolute atomic E-state index is 12.6. The SMILES string of the molecule is CC1CCNCC1NC(=O)C1CCC(C(F)(F)F)CC1. The maximum atomic E-state index is 12.6. The first-order chi connectivity index (χ1) is 9.38. The van der Waals surface area contributed by atoms with Crippen LogP contribution in [0, 0.1) is 17.8 Å². The highest BCUT2D eigenvalue weighted by molar-refractivity contribution is 5.79. The number of nitrogens with one attached hydrogen (secondary N) is 2. The summed E-state index contributed by atoms with van der Waals surface area (Å²) in [5.41, 5.74) is 0. The summed E-state index contributed by atoms with van der Waals surface area (Å²) < 4.78 is 37.8. The van der Waals surface area contributed by atoms with Crippen molar-refractivity contribution in [2.24, 2.45) is 17.8 Å². The third-order valence-electron chi connectivity index (χ3n) is 4.72. The number of carbonyl (C=O) groups excluding carboxylic acids is 1. The van der Waals surface area contributed by atoms with Crippen LogP contribution in [-0.4, -0.2) is 31.2 Å². The highest BCUT2D eigenvalue weighted by Crippen LogP contribution is 2.39. The summed E-state index contributed by atoms with van der Waals surface area (Å²) in [6.07, 6.45) is -2.22. The van der Waals surface area contributed by atoms with Crippen LogP contribution in [0.15, 0.2) is 0 Å². The normalized spacial score (nSPS) is 35.6. The second-order valence-electron chi connectivity index (χ2n) is 6.18. The number of alkyl halides is 3. The van der Waals surface area contributed by atoms with Gasteiger partial charge in [-0.2, -0.15) is 13.2 Å². The lowest BCUT2D eigenvalue weighted by Gasteiger charge is -2.33. The van der Waals surface area contributed by atoms with Crippen molar-refractivity contribution in [3.63, 3.8) is 0 Å². The Bertz CT molecular complexity index is 338. The molecule has 20 heavy (non-hydrogen) atoms. The highest BCUT2D eigenvalue weighted by atomic mass is 19.4. The number of carbonyl (C=O) groups is 1. The fourth-order valence-corrected chi connectivity index (χ4v) is 3.17. The molecule has 1 heterocycles. The molecular weight excluding hydrogens is 269 g/mol. The molecule has 1 saturated heterocycles. The molecule has 1 aliphatic carbocycles. The van der Waals surface area contributed by atoms with Crippen molar-refractivity contribution in [3.8, 4) is 0 Å². The monoisotopic (exact) mass is 292 g/mol. The van der Waals surface area contributed by atoms with Crippen LogP contribution in [0.5, 0.6) is 0 Å². The van der Waals surface area contributed by atoms with E-state index in [1.807, 2.05) is 0 Å². The Balaban J connectivity index is 1.80. The molecule has 0 aromatic rings. The molecule has 3 nitrogen and oxygen atoms in total. The summed E-state index contributed by atoms with van der Waals surface area (Å²) in [4.78, 5) is 12.1. The van der Waals surface area contributed by atoms with Crippen molar-refractivity contribution in [2.75, 3.05) is 13.1 Å². The third kappa shape index (κ3) is 3.87. The van der Waals surface area contributed by atoms with Gasteiger partial charge in [-0.3, -0.25) is 4.79 Å². The van der Waals surface area contributed by atoms with E-state index in [-0.39, 0.29) is 30.7 Å². The number of hydrogen-bond donors (Lipinski definition) is 2. The molecule has 1 aliphatic heterocycles.